The van der Waals surface area contributed by atoms with Crippen LogP contribution in [0.3, 0.4) is 0 Å². The Morgan fingerprint density at radius 2 is 2.04 bits per heavy atom. The zero-order chi connectivity index (χ0) is 16.4. The number of hydrogen-bond donors (Lipinski definition) is 2. The van der Waals surface area contributed by atoms with E-state index in [1.807, 2.05) is 18.2 Å². The monoisotopic (exact) mass is 316 g/mol. The third-order valence-electron chi connectivity index (χ3n) is 4.18. The number of benzene rings is 2. The summed E-state index contributed by atoms with van der Waals surface area (Å²) in [5, 5.41) is 2.94. The Balaban J connectivity index is 1.72. The van der Waals surface area contributed by atoms with E-state index in [2.05, 4.69) is 5.32 Å². The minimum atomic E-state index is -0.697. The number of anilines is 1. The fraction of sp³-hybridized carbons (Fsp3) is 0.278. The molecule has 0 aromatic heterocycles. The van der Waals surface area contributed by atoms with Gasteiger partial charge in [0.2, 0.25) is 5.91 Å². The third kappa shape index (κ3) is 3.50. The second-order valence-electron chi connectivity index (χ2n) is 5.88. The van der Waals surface area contributed by atoms with Gasteiger partial charge in [0, 0.05) is 11.8 Å². The zero-order valence-electron chi connectivity index (χ0n) is 12.6. The zero-order valence-corrected chi connectivity index (χ0v) is 12.6. The van der Waals surface area contributed by atoms with Gasteiger partial charge in [0.25, 0.3) is 0 Å². The topological polar surface area (TPSA) is 55.1 Å². The van der Waals surface area contributed by atoms with Gasteiger partial charge in [-0.05, 0) is 54.2 Å². The summed E-state index contributed by atoms with van der Waals surface area (Å²) in [6.45, 7) is 0. The fourth-order valence-electron chi connectivity index (χ4n) is 3.07. The molecule has 0 fully saturated rings. The first-order valence-corrected chi connectivity index (χ1v) is 7.64. The van der Waals surface area contributed by atoms with E-state index in [1.54, 1.807) is 0 Å². The molecule has 0 saturated carbocycles. The number of aryl methyl sites for hydroxylation is 1. The van der Waals surface area contributed by atoms with Crippen LogP contribution >= 0.6 is 0 Å². The minimum Gasteiger partial charge on any atom is -0.399 e. The Bertz CT molecular complexity index is 746. The Morgan fingerprint density at radius 3 is 2.83 bits per heavy atom. The number of nitrogens with two attached hydrogens (primary N) is 1. The van der Waals surface area contributed by atoms with E-state index in [0.717, 1.165) is 42.5 Å². The van der Waals surface area contributed by atoms with Crippen molar-refractivity contribution in [3.8, 4) is 0 Å². The molecule has 0 spiro atoms. The summed E-state index contributed by atoms with van der Waals surface area (Å²) in [5.74, 6) is -1.62. The molecule has 1 amide bonds. The van der Waals surface area contributed by atoms with Gasteiger partial charge in [-0.3, -0.25) is 4.79 Å². The van der Waals surface area contributed by atoms with Gasteiger partial charge in [0.05, 0.1) is 12.5 Å². The highest BCUT2D eigenvalue weighted by Crippen LogP contribution is 2.31. The molecule has 1 aliphatic carbocycles. The second kappa shape index (κ2) is 6.36. The lowest BCUT2D eigenvalue weighted by molar-refractivity contribution is -0.121. The number of hydrogen-bond acceptors (Lipinski definition) is 2. The largest absolute Gasteiger partial charge is 0.399 e. The van der Waals surface area contributed by atoms with Gasteiger partial charge < -0.3 is 11.1 Å². The van der Waals surface area contributed by atoms with Crippen LogP contribution in [0.15, 0.2) is 36.4 Å². The van der Waals surface area contributed by atoms with Crippen LogP contribution in [0, 0.1) is 11.6 Å². The molecule has 1 unspecified atom stereocenters. The molecule has 5 heteroatoms. The molecule has 3 N–H and O–H groups in total. The van der Waals surface area contributed by atoms with Crippen LogP contribution in [0.2, 0.25) is 0 Å². The van der Waals surface area contributed by atoms with E-state index >= 15 is 0 Å². The van der Waals surface area contributed by atoms with Crippen molar-refractivity contribution in [1.82, 2.24) is 5.32 Å². The van der Waals surface area contributed by atoms with Gasteiger partial charge in [-0.25, -0.2) is 8.78 Å². The first kappa shape index (κ1) is 15.5. The van der Waals surface area contributed by atoms with Gasteiger partial charge in [-0.15, -0.1) is 0 Å². The Kier molecular flexibility index (Phi) is 4.28. The summed E-state index contributed by atoms with van der Waals surface area (Å²) >= 11 is 0. The number of rotatable bonds is 3. The SMILES string of the molecule is Nc1ccc2c(c1)CCCC2NC(=O)Cc1ccc(F)cc1F. The van der Waals surface area contributed by atoms with Crippen molar-refractivity contribution in [3.05, 3.63) is 64.7 Å². The molecule has 1 aliphatic rings. The molecule has 0 heterocycles. The molecule has 0 saturated heterocycles. The lowest BCUT2D eigenvalue weighted by Gasteiger charge is -2.26. The lowest BCUT2D eigenvalue weighted by Crippen LogP contribution is -2.32. The van der Waals surface area contributed by atoms with Crippen molar-refractivity contribution < 1.29 is 13.6 Å². The summed E-state index contributed by atoms with van der Waals surface area (Å²) in [7, 11) is 0. The maximum absolute atomic E-state index is 13.6. The first-order valence-electron chi connectivity index (χ1n) is 7.64. The predicted octanol–water partition coefficient (Wildman–Crippen LogP) is 3.28. The average molecular weight is 316 g/mol. The number of nitrogen functional groups attached to an aromatic ring is 1. The highest BCUT2D eigenvalue weighted by atomic mass is 19.1. The molecular formula is C18H18F2N2O. The summed E-state index contributed by atoms with van der Waals surface area (Å²) in [6, 6.07) is 8.87. The summed E-state index contributed by atoms with van der Waals surface area (Å²) in [6.07, 6.45) is 2.65. The number of carbonyl (C=O) groups is 1. The molecular weight excluding hydrogens is 298 g/mol. The van der Waals surface area contributed by atoms with Crippen LogP contribution in [0.4, 0.5) is 14.5 Å². The maximum Gasteiger partial charge on any atom is 0.225 e. The Morgan fingerprint density at radius 1 is 1.22 bits per heavy atom. The van der Waals surface area contributed by atoms with E-state index in [0.29, 0.717) is 5.69 Å². The standard InChI is InChI=1S/C18H18F2N2O/c19-13-5-4-12(16(20)10-13)9-18(23)22-17-3-1-2-11-8-14(21)6-7-15(11)17/h4-8,10,17H,1-3,9,21H2,(H,22,23). The minimum absolute atomic E-state index is 0.0876. The van der Waals surface area contributed by atoms with E-state index < -0.39 is 11.6 Å². The van der Waals surface area contributed by atoms with Crippen molar-refractivity contribution in [2.45, 2.75) is 31.7 Å². The Labute approximate surface area is 133 Å². The van der Waals surface area contributed by atoms with Gasteiger partial charge in [-0.2, -0.15) is 0 Å². The predicted molar refractivity (Wildman–Crippen MR) is 84.7 cm³/mol. The highest BCUT2D eigenvalue weighted by Gasteiger charge is 2.22. The number of fused-ring (bicyclic) bond motifs is 1. The summed E-state index contributed by atoms with van der Waals surface area (Å²) in [5.41, 5.74) is 8.92. The van der Waals surface area contributed by atoms with Crippen molar-refractivity contribution >= 4 is 11.6 Å². The first-order chi connectivity index (χ1) is 11.0. The third-order valence-corrected chi connectivity index (χ3v) is 4.18. The molecule has 0 bridgehead atoms. The van der Waals surface area contributed by atoms with Crippen molar-refractivity contribution in [2.24, 2.45) is 0 Å². The van der Waals surface area contributed by atoms with Gasteiger partial charge in [-0.1, -0.05) is 12.1 Å². The van der Waals surface area contributed by atoms with Crippen molar-refractivity contribution in [1.29, 1.82) is 0 Å². The van der Waals surface area contributed by atoms with Crippen LogP contribution in [0.25, 0.3) is 0 Å². The average Bonchev–Trinajstić information content (AvgIpc) is 2.50. The van der Waals surface area contributed by atoms with Crippen LogP contribution < -0.4 is 11.1 Å². The summed E-state index contributed by atoms with van der Waals surface area (Å²) in [4.78, 5) is 12.2. The lowest BCUT2D eigenvalue weighted by atomic mass is 9.87. The van der Waals surface area contributed by atoms with Crippen molar-refractivity contribution in [3.63, 3.8) is 0 Å². The number of nitrogens with one attached hydrogen (secondary N) is 1. The highest BCUT2D eigenvalue weighted by molar-refractivity contribution is 5.79. The van der Waals surface area contributed by atoms with E-state index in [9.17, 15) is 13.6 Å². The van der Waals surface area contributed by atoms with Crippen molar-refractivity contribution in [2.75, 3.05) is 5.73 Å². The number of carbonyl (C=O) groups excluding carboxylic acids is 1. The molecule has 0 radical (unpaired) electrons. The second-order valence-corrected chi connectivity index (χ2v) is 5.88. The molecule has 1 atom stereocenters. The smallest absolute Gasteiger partial charge is 0.225 e. The fourth-order valence-corrected chi connectivity index (χ4v) is 3.07. The van der Waals surface area contributed by atoms with Crippen LogP contribution in [-0.2, 0) is 17.6 Å². The van der Waals surface area contributed by atoms with E-state index in [-0.39, 0.29) is 23.9 Å². The molecule has 2 aromatic rings. The van der Waals surface area contributed by atoms with Gasteiger partial charge in [0.1, 0.15) is 11.6 Å². The van der Waals surface area contributed by atoms with E-state index in [4.69, 9.17) is 5.73 Å². The van der Waals surface area contributed by atoms with Gasteiger partial charge in [0.15, 0.2) is 0 Å². The van der Waals surface area contributed by atoms with Gasteiger partial charge >= 0.3 is 0 Å². The number of amides is 1. The normalized spacial score (nSPS) is 16.7. The van der Waals surface area contributed by atoms with Crippen LogP contribution in [0.5, 0.6) is 0 Å². The molecule has 23 heavy (non-hydrogen) atoms. The molecule has 2 aromatic carbocycles. The van der Waals surface area contributed by atoms with Crippen LogP contribution in [0.1, 0.15) is 35.6 Å². The van der Waals surface area contributed by atoms with Crippen LogP contribution in [-0.4, -0.2) is 5.91 Å². The molecule has 3 rings (SSSR count). The quantitative estimate of drug-likeness (QED) is 0.854. The maximum atomic E-state index is 13.6. The molecule has 3 nitrogen and oxygen atoms in total. The number of halogens is 2. The molecule has 120 valence electrons. The Hall–Kier alpha value is -2.43. The summed E-state index contributed by atoms with van der Waals surface area (Å²) < 4.78 is 26.5. The molecule has 0 aliphatic heterocycles. The van der Waals surface area contributed by atoms with E-state index in [1.165, 1.54) is 6.07 Å².